The maximum atomic E-state index is 12.5. The second kappa shape index (κ2) is 6.29. The lowest BCUT2D eigenvalue weighted by atomic mass is 9.78. The number of carbonyl (C=O) groups excluding carboxylic acids is 1. The highest BCUT2D eigenvalue weighted by Crippen LogP contribution is 2.40. The van der Waals surface area contributed by atoms with Crippen LogP contribution in [0.25, 0.3) is 0 Å². The fraction of sp³-hybridized carbons (Fsp3) is 0.611. The molecule has 22 heavy (non-hydrogen) atoms. The standard InChI is InChI=1S/C18H27N3O/c1-15-5-3-4-6-16(15)19-13-17(22)21-12-9-18(14-21)7-10-20(2)11-8-18/h3-6,19H,7-14H2,1-2H3. The molecule has 0 atom stereocenters. The van der Waals surface area contributed by atoms with Gasteiger partial charge in [0.15, 0.2) is 0 Å². The summed E-state index contributed by atoms with van der Waals surface area (Å²) in [5.74, 6) is 0.235. The number of nitrogens with one attached hydrogen (secondary N) is 1. The molecule has 3 rings (SSSR count). The zero-order chi connectivity index (χ0) is 15.6. The summed E-state index contributed by atoms with van der Waals surface area (Å²) < 4.78 is 0. The molecule has 4 nitrogen and oxygen atoms in total. The summed E-state index contributed by atoms with van der Waals surface area (Å²) in [6.45, 7) is 6.69. The Hall–Kier alpha value is -1.55. The number of hydrogen-bond acceptors (Lipinski definition) is 3. The highest BCUT2D eigenvalue weighted by molar-refractivity contribution is 5.81. The number of benzene rings is 1. The summed E-state index contributed by atoms with van der Waals surface area (Å²) in [5, 5.41) is 3.29. The van der Waals surface area contributed by atoms with Crippen molar-refractivity contribution in [3.8, 4) is 0 Å². The van der Waals surface area contributed by atoms with Crippen LogP contribution in [0.5, 0.6) is 0 Å². The normalized spacial score (nSPS) is 21.3. The van der Waals surface area contributed by atoms with Gasteiger partial charge < -0.3 is 15.1 Å². The van der Waals surface area contributed by atoms with Crippen LogP contribution in [0.2, 0.25) is 0 Å². The van der Waals surface area contributed by atoms with Gasteiger partial charge in [0.1, 0.15) is 0 Å². The highest BCUT2D eigenvalue weighted by atomic mass is 16.2. The van der Waals surface area contributed by atoms with Crippen molar-refractivity contribution in [1.82, 2.24) is 9.80 Å². The van der Waals surface area contributed by atoms with E-state index in [1.807, 2.05) is 18.2 Å². The van der Waals surface area contributed by atoms with E-state index < -0.39 is 0 Å². The predicted molar refractivity (Wildman–Crippen MR) is 90.0 cm³/mol. The third-order valence-corrected chi connectivity index (χ3v) is 5.41. The predicted octanol–water partition coefficient (Wildman–Crippen LogP) is 2.35. The first kappa shape index (κ1) is 15.3. The Balaban J connectivity index is 1.53. The number of anilines is 1. The van der Waals surface area contributed by atoms with Crippen molar-refractivity contribution in [2.45, 2.75) is 26.2 Å². The highest BCUT2D eigenvalue weighted by Gasteiger charge is 2.41. The molecule has 2 saturated heterocycles. The van der Waals surface area contributed by atoms with Crippen LogP contribution >= 0.6 is 0 Å². The smallest absolute Gasteiger partial charge is 0.241 e. The molecule has 0 aliphatic carbocycles. The van der Waals surface area contributed by atoms with E-state index in [-0.39, 0.29) is 5.91 Å². The van der Waals surface area contributed by atoms with Crippen molar-refractivity contribution in [2.75, 3.05) is 45.1 Å². The topological polar surface area (TPSA) is 35.6 Å². The summed E-state index contributed by atoms with van der Waals surface area (Å²) in [5.41, 5.74) is 2.64. The number of para-hydroxylation sites is 1. The number of carbonyl (C=O) groups is 1. The van der Waals surface area contributed by atoms with Crippen molar-refractivity contribution in [3.63, 3.8) is 0 Å². The quantitative estimate of drug-likeness (QED) is 0.931. The van der Waals surface area contributed by atoms with Gasteiger partial charge in [-0.1, -0.05) is 18.2 Å². The molecule has 0 saturated carbocycles. The minimum absolute atomic E-state index is 0.235. The molecule has 2 aliphatic rings. The van der Waals surface area contributed by atoms with E-state index in [9.17, 15) is 4.79 Å². The lowest BCUT2D eigenvalue weighted by Crippen LogP contribution is -2.41. The van der Waals surface area contributed by atoms with Gasteiger partial charge in [-0.25, -0.2) is 0 Å². The molecule has 0 radical (unpaired) electrons. The molecule has 1 amide bonds. The maximum absolute atomic E-state index is 12.5. The first-order valence-corrected chi connectivity index (χ1v) is 8.34. The van der Waals surface area contributed by atoms with E-state index in [1.54, 1.807) is 0 Å². The van der Waals surface area contributed by atoms with E-state index >= 15 is 0 Å². The molecule has 0 bridgehead atoms. The number of piperidine rings is 1. The second-order valence-electron chi connectivity index (χ2n) is 7.04. The fourth-order valence-electron chi connectivity index (χ4n) is 3.70. The fourth-order valence-corrected chi connectivity index (χ4v) is 3.70. The summed E-state index contributed by atoms with van der Waals surface area (Å²) in [6, 6.07) is 8.12. The molecule has 2 heterocycles. The Morgan fingerprint density at radius 3 is 2.59 bits per heavy atom. The molecule has 1 aromatic rings. The van der Waals surface area contributed by atoms with E-state index in [2.05, 4.69) is 35.2 Å². The van der Waals surface area contributed by atoms with Gasteiger partial charge in [-0.15, -0.1) is 0 Å². The maximum Gasteiger partial charge on any atom is 0.241 e. The molecular weight excluding hydrogens is 274 g/mol. The van der Waals surface area contributed by atoms with Gasteiger partial charge in [0.25, 0.3) is 0 Å². The van der Waals surface area contributed by atoms with Crippen molar-refractivity contribution in [2.24, 2.45) is 5.41 Å². The molecule has 0 unspecified atom stereocenters. The summed E-state index contributed by atoms with van der Waals surface area (Å²) >= 11 is 0. The van der Waals surface area contributed by atoms with Crippen LogP contribution in [-0.2, 0) is 4.79 Å². The number of aryl methyl sites for hydroxylation is 1. The summed E-state index contributed by atoms with van der Waals surface area (Å²) in [6.07, 6.45) is 3.65. The van der Waals surface area contributed by atoms with Crippen molar-refractivity contribution >= 4 is 11.6 Å². The average Bonchev–Trinajstić information content (AvgIpc) is 2.94. The molecule has 1 spiro atoms. The number of rotatable bonds is 3. The minimum Gasteiger partial charge on any atom is -0.376 e. The number of likely N-dealkylation sites (tertiary alicyclic amines) is 2. The van der Waals surface area contributed by atoms with Gasteiger partial charge in [-0.2, -0.15) is 0 Å². The van der Waals surface area contributed by atoms with Crippen LogP contribution in [0.15, 0.2) is 24.3 Å². The third kappa shape index (κ3) is 3.27. The first-order chi connectivity index (χ1) is 10.6. The third-order valence-electron chi connectivity index (χ3n) is 5.41. The molecule has 4 heteroatoms. The summed E-state index contributed by atoms with van der Waals surface area (Å²) in [4.78, 5) is 16.9. The first-order valence-electron chi connectivity index (χ1n) is 8.34. The molecular formula is C18H27N3O. The van der Waals surface area contributed by atoms with Crippen LogP contribution < -0.4 is 5.32 Å². The summed E-state index contributed by atoms with van der Waals surface area (Å²) in [7, 11) is 2.19. The number of hydrogen-bond donors (Lipinski definition) is 1. The van der Waals surface area contributed by atoms with Crippen molar-refractivity contribution in [3.05, 3.63) is 29.8 Å². The molecule has 1 aromatic carbocycles. The Bertz CT molecular complexity index is 535. The molecule has 1 N–H and O–H groups in total. The average molecular weight is 301 g/mol. The zero-order valence-corrected chi connectivity index (χ0v) is 13.8. The van der Waals surface area contributed by atoms with E-state index in [0.717, 1.165) is 18.8 Å². The SMILES string of the molecule is Cc1ccccc1NCC(=O)N1CCC2(CCN(C)CC2)C1. The second-order valence-corrected chi connectivity index (χ2v) is 7.04. The van der Waals surface area contributed by atoms with Crippen LogP contribution in [0.1, 0.15) is 24.8 Å². The van der Waals surface area contributed by atoms with Crippen LogP contribution in [-0.4, -0.2) is 55.5 Å². The Morgan fingerprint density at radius 1 is 1.18 bits per heavy atom. The van der Waals surface area contributed by atoms with Gasteiger partial charge in [0.05, 0.1) is 6.54 Å². The number of amides is 1. The monoisotopic (exact) mass is 301 g/mol. The lowest BCUT2D eigenvalue weighted by Gasteiger charge is -2.37. The minimum atomic E-state index is 0.235. The Morgan fingerprint density at radius 2 is 1.86 bits per heavy atom. The van der Waals surface area contributed by atoms with Crippen molar-refractivity contribution in [1.29, 1.82) is 0 Å². The van der Waals surface area contributed by atoms with E-state index in [4.69, 9.17) is 0 Å². The van der Waals surface area contributed by atoms with Gasteiger partial charge in [0, 0.05) is 18.8 Å². The van der Waals surface area contributed by atoms with E-state index in [1.165, 1.54) is 37.9 Å². The molecule has 0 aromatic heterocycles. The lowest BCUT2D eigenvalue weighted by molar-refractivity contribution is -0.128. The van der Waals surface area contributed by atoms with Gasteiger partial charge in [-0.05, 0) is 63.4 Å². The number of nitrogens with zero attached hydrogens (tertiary/aromatic N) is 2. The van der Waals surface area contributed by atoms with Crippen LogP contribution in [0.3, 0.4) is 0 Å². The Labute approximate surface area is 133 Å². The van der Waals surface area contributed by atoms with E-state index in [0.29, 0.717) is 12.0 Å². The van der Waals surface area contributed by atoms with Gasteiger partial charge >= 0.3 is 0 Å². The molecule has 2 aliphatic heterocycles. The van der Waals surface area contributed by atoms with Crippen molar-refractivity contribution < 1.29 is 4.79 Å². The van der Waals surface area contributed by atoms with Gasteiger partial charge in [0.2, 0.25) is 5.91 Å². The van der Waals surface area contributed by atoms with Crippen LogP contribution in [0.4, 0.5) is 5.69 Å². The zero-order valence-electron chi connectivity index (χ0n) is 13.8. The molecule has 2 fully saturated rings. The van der Waals surface area contributed by atoms with Gasteiger partial charge in [-0.3, -0.25) is 4.79 Å². The largest absolute Gasteiger partial charge is 0.376 e. The molecule has 120 valence electrons. The Kier molecular flexibility index (Phi) is 4.39. The van der Waals surface area contributed by atoms with Crippen LogP contribution in [0, 0.1) is 12.3 Å².